The fourth-order valence-corrected chi connectivity index (χ4v) is 3.47. The Hall–Kier alpha value is -1.84. The number of rotatable bonds is 2. The molecule has 1 aromatic heterocycles. The third kappa shape index (κ3) is 3.58. The number of hydrogen-bond donors (Lipinski definition) is 0. The number of nitrogens with zero attached hydrogens (tertiary/aromatic N) is 4. The summed E-state index contributed by atoms with van der Waals surface area (Å²) in [6, 6.07) is -0.423. The van der Waals surface area contributed by atoms with Crippen molar-refractivity contribution in [2.24, 2.45) is 13.0 Å². The van der Waals surface area contributed by atoms with Gasteiger partial charge in [-0.25, -0.2) is 9.48 Å². The van der Waals surface area contributed by atoms with Crippen molar-refractivity contribution in [1.82, 2.24) is 19.2 Å². The lowest BCUT2D eigenvalue weighted by Gasteiger charge is -2.34. The first-order valence-electron chi connectivity index (χ1n) is 8.38. The van der Waals surface area contributed by atoms with Gasteiger partial charge in [-0.3, -0.25) is 9.36 Å². The van der Waals surface area contributed by atoms with Gasteiger partial charge >= 0.3 is 11.9 Å². The van der Waals surface area contributed by atoms with E-state index in [0.29, 0.717) is 56.6 Å². The molecule has 0 bridgehead atoms. The Labute approximate surface area is 142 Å². The molecule has 2 aliphatic rings. The molecule has 2 fully saturated rings. The Balaban J connectivity index is 1.66. The van der Waals surface area contributed by atoms with E-state index in [4.69, 9.17) is 4.74 Å². The Kier molecular flexibility index (Phi) is 4.90. The van der Waals surface area contributed by atoms with Gasteiger partial charge in [-0.2, -0.15) is 13.2 Å². The van der Waals surface area contributed by atoms with Gasteiger partial charge in [0.2, 0.25) is 11.7 Å². The number of alkyl halides is 3. The van der Waals surface area contributed by atoms with E-state index in [9.17, 15) is 22.8 Å². The van der Waals surface area contributed by atoms with Gasteiger partial charge in [-0.15, -0.1) is 5.10 Å². The zero-order valence-electron chi connectivity index (χ0n) is 14.0. The second kappa shape index (κ2) is 6.81. The summed E-state index contributed by atoms with van der Waals surface area (Å²) in [5.41, 5.74) is -0.776. The minimum absolute atomic E-state index is 0.0419. The van der Waals surface area contributed by atoms with E-state index in [1.54, 1.807) is 4.90 Å². The van der Waals surface area contributed by atoms with Crippen LogP contribution in [0.5, 0.6) is 0 Å². The molecular weight excluding hydrogens is 341 g/mol. The van der Waals surface area contributed by atoms with Gasteiger partial charge in [-0.05, 0) is 25.7 Å². The molecule has 140 valence electrons. The average molecular weight is 362 g/mol. The maximum Gasteiger partial charge on any atom is 0.451 e. The summed E-state index contributed by atoms with van der Waals surface area (Å²) < 4.78 is 45.4. The third-order valence-corrected chi connectivity index (χ3v) is 4.95. The zero-order valence-corrected chi connectivity index (χ0v) is 14.0. The zero-order chi connectivity index (χ0) is 18.2. The molecule has 3 heterocycles. The SMILES string of the molecule is Cn1c(C(F)(F)F)nn(C2CCN(C(=O)C3CCOCC3)CC2)c1=O. The first-order valence-corrected chi connectivity index (χ1v) is 8.38. The lowest BCUT2D eigenvalue weighted by atomic mass is 9.96. The van der Waals surface area contributed by atoms with Gasteiger partial charge in [0, 0.05) is 39.3 Å². The van der Waals surface area contributed by atoms with Crippen LogP contribution in [0, 0.1) is 5.92 Å². The van der Waals surface area contributed by atoms with Crippen molar-refractivity contribution in [2.45, 2.75) is 37.9 Å². The molecule has 0 aliphatic carbocycles. The number of ether oxygens (including phenoxy) is 1. The largest absolute Gasteiger partial charge is 0.451 e. The van der Waals surface area contributed by atoms with Crippen LogP contribution >= 0.6 is 0 Å². The van der Waals surface area contributed by atoms with Crippen molar-refractivity contribution in [3.05, 3.63) is 16.3 Å². The smallest absolute Gasteiger partial charge is 0.381 e. The highest BCUT2D eigenvalue weighted by Crippen LogP contribution is 2.28. The molecule has 10 heteroatoms. The molecule has 0 unspecified atom stereocenters. The highest BCUT2D eigenvalue weighted by atomic mass is 19.4. The lowest BCUT2D eigenvalue weighted by Crippen LogP contribution is -2.44. The fraction of sp³-hybridized carbons (Fsp3) is 0.800. The molecule has 0 radical (unpaired) electrons. The molecule has 3 rings (SSSR count). The summed E-state index contributed by atoms with van der Waals surface area (Å²) in [6.07, 6.45) is -2.42. The van der Waals surface area contributed by atoms with Crippen molar-refractivity contribution < 1.29 is 22.7 Å². The van der Waals surface area contributed by atoms with Crippen LogP contribution in [0.15, 0.2) is 4.79 Å². The Morgan fingerprint density at radius 2 is 1.76 bits per heavy atom. The number of carbonyl (C=O) groups is 1. The van der Waals surface area contributed by atoms with Crippen molar-refractivity contribution in [3.8, 4) is 0 Å². The molecule has 2 aliphatic heterocycles. The fourth-order valence-electron chi connectivity index (χ4n) is 3.47. The molecule has 0 aromatic carbocycles. The molecule has 7 nitrogen and oxygen atoms in total. The van der Waals surface area contributed by atoms with E-state index in [2.05, 4.69) is 5.10 Å². The van der Waals surface area contributed by atoms with Gasteiger partial charge in [0.25, 0.3) is 0 Å². The molecular formula is C15H21F3N4O3. The maximum atomic E-state index is 12.9. The second-order valence-electron chi connectivity index (χ2n) is 6.55. The van der Waals surface area contributed by atoms with E-state index in [1.807, 2.05) is 0 Å². The van der Waals surface area contributed by atoms with Gasteiger partial charge in [0.15, 0.2) is 0 Å². The minimum atomic E-state index is -4.67. The number of aromatic nitrogens is 3. The van der Waals surface area contributed by atoms with Gasteiger partial charge in [-0.1, -0.05) is 0 Å². The second-order valence-corrected chi connectivity index (χ2v) is 6.55. The standard InChI is InChI=1S/C15H21F3N4O3/c1-20-13(15(16,17)18)19-22(14(20)24)11-2-6-21(7-3-11)12(23)10-4-8-25-9-5-10/h10-11H,2-9H2,1H3. The van der Waals surface area contributed by atoms with Crippen LogP contribution in [-0.2, 0) is 22.8 Å². The number of amides is 1. The van der Waals surface area contributed by atoms with E-state index in [1.165, 1.54) is 0 Å². The van der Waals surface area contributed by atoms with Gasteiger partial charge in [0.05, 0.1) is 6.04 Å². The van der Waals surface area contributed by atoms with Crippen LogP contribution in [0.4, 0.5) is 13.2 Å². The Bertz CT molecular complexity index is 683. The van der Waals surface area contributed by atoms with E-state index in [-0.39, 0.29) is 11.8 Å². The Morgan fingerprint density at radius 3 is 2.28 bits per heavy atom. The van der Waals surface area contributed by atoms with Crippen molar-refractivity contribution >= 4 is 5.91 Å². The predicted molar refractivity (Wildman–Crippen MR) is 80.9 cm³/mol. The summed E-state index contributed by atoms with van der Waals surface area (Å²) in [5, 5.41) is 3.49. The van der Waals surface area contributed by atoms with Gasteiger partial charge < -0.3 is 9.64 Å². The average Bonchev–Trinajstić information content (AvgIpc) is 2.91. The number of carbonyl (C=O) groups excluding carboxylic acids is 1. The molecule has 0 spiro atoms. The highest BCUT2D eigenvalue weighted by Gasteiger charge is 2.39. The van der Waals surface area contributed by atoms with Crippen molar-refractivity contribution in [1.29, 1.82) is 0 Å². The van der Waals surface area contributed by atoms with Crippen molar-refractivity contribution in [2.75, 3.05) is 26.3 Å². The number of likely N-dealkylation sites (tertiary alicyclic amines) is 1. The predicted octanol–water partition coefficient (Wildman–Crippen LogP) is 1.19. The summed E-state index contributed by atoms with van der Waals surface area (Å²) in [4.78, 5) is 26.3. The summed E-state index contributed by atoms with van der Waals surface area (Å²) >= 11 is 0. The maximum absolute atomic E-state index is 12.9. The van der Waals surface area contributed by atoms with Crippen LogP contribution in [0.25, 0.3) is 0 Å². The highest BCUT2D eigenvalue weighted by molar-refractivity contribution is 5.79. The van der Waals surface area contributed by atoms with Crippen LogP contribution < -0.4 is 5.69 Å². The quantitative estimate of drug-likeness (QED) is 0.793. The normalized spacial score (nSPS) is 20.9. The van der Waals surface area contributed by atoms with Crippen molar-refractivity contribution in [3.63, 3.8) is 0 Å². The third-order valence-electron chi connectivity index (χ3n) is 4.95. The number of piperidine rings is 1. The van der Waals surface area contributed by atoms with Gasteiger partial charge in [0.1, 0.15) is 0 Å². The Morgan fingerprint density at radius 1 is 1.16 bits per heavy atom. The van der Waals surface area contributed by atoms with E-state index in [0.717, 1.165) is 11.7 Å². The molecule has 1 amide bonds. The van der Waals surface area contributed by atoms with Crippen LogP contribution in [0.2, 0.25) is 0 Å². The lowest BCUT2D eigenvalue weighted by molar-refractivity contribution is -0.147. The first kappa shape index (κ1) is 18.0. The summed E-state index contributed by atoms with van der Waals surface area (Å²) in [6.45, 7) is 2.00. The molecule has 1 aromatic rings. The van der Waals surface area contributed by atoms with E-state index >= 15 is 0 Å². The van der Waals surface area contributed by atoms with Crippen LogP contribution in [0.3, 0.4) is 0 Å². The minimum Gasteiger partial charge on any atom is -0.381 e. The first-order chi connectivity index (χ1) is 11.8. The molecule has 0 atom stereocenters. The number of halogens is 3. The molecule has 25 heavy (non-hydrogen) atoms. The monoisotopic (exact) mass is 362 g/mol. The molecule has 0 saturated carbocycles. The van der Waals surface area contributed by atoms with Crippen LogP contribution in [-0.4, -0.2) is 51.5 Å². The topological polar surface area (TPSA) is 69.4 Å². The summed E-state index contributed by atoms with van der Waals surface area (Å²) in [7, 11) is 1.07. The number of hydrogen-bond acceptors (Lipinski definition) is 4. The summed E-state index contributed by atoms with van der Waals surface area (Å²) in [5.74, 6) is -1.16. The molecule has 0 N–H and O–H groups in total. The molecule has 2 saturated heterocycles. The van der Waals surface area contributed by atoms with E-state index < -0.39 is 23.7 Å². The van der Waals surface area contributed by atoms with Crippen LogP contribution in [0.1, 0.15) is 37.5 Å².